The molecule has 4 aromatic rings. The number of carbonyl (C=O) groups is 2. The number of hydrogen-bond donors (Lipinski definition) is 2. The highest BCUT2D eigenvalue weighted by Crippen LogP contribution is 2.43. The number of carbonyl (C=O) groups excluding carboxylic acids is 2. The maximum atomic E-state index is 13.6. The van der Waals surface area contributed by atoms with E-state index in [1.54, 1.807) is 37.4 Å². The van der Waals surface area contributed by atoms with Crippen molar-refractivity contribution in [3.8, 4) is 11.1 Å². The molecular formula is C23H19ClF3N5O2S. The number of nitrogens with two attached hydrogens (primary N) is 1. The molecule has 3 aromatic heterocycles. The second kappa shape index (κ2) is 9.31. The Labute approximate surface area is 206 Å². The van der Waals surface area contributed by atoms with Gasteiger partial charge >= 0.3 is 6.18 Å². The molecule has 2 amide bonds. The van der Waals surface area contributed by atoms with Crippen LogP contribution in [0.25, 0.3) is 21.3 Å². The third kappa shape index (κ3) is 5.15. The van der Waals surface area contributed by atoms with Crippen LogP contribution in [-0.2, 0) is 17.5 Å². The predicted octanol–water partition coefficient (Wildman–Crippen LogP) is 5.51. The number of amides is 2. The number of thiophene rings is 1. The number of nitrogens with zero attached hydrogens (tertiary/aromatic N) is 3. The third-order valence-corrected chi connectivity index (χ3v) is 6.59. The van der Waals surface area contributed by atoms with Crippen LogP contribution in [0.4, 0.5) is 18.9 Å². The summed E-state index contributed by atoms with van der Waals surface area (Å²) in [5.74, 6) is -1.99. The first-order valence-electron chi connectivity index (χ1n) is 10.3. The molecule has 1 atom stereocenters. The highest BCUT2D eigenvalue weighted by molar-refractivity contribution is 7.21. The molecule has 0 aliphatic rings. The number of aromatic nitrogens is 3. The lowest BCUT2D eigenvalue weighted by Crippen LogP contribution is -2.25. The number of hydrogen-bond acceptors (Lipinski definition) is 5. The van der Waals surface area contributed by atoms with Gasteiger partial charge < -0.3 is 11.1 Å². The summed E-state index contributed by atoms with van der Waals surface area (Å²) in [4.78, 5) is 28.8. The molecule has 1 unspecified atom stereocenters. The van der Waals surface area contributed by atoms with Crippen LogP contribution in [0.5, 0.6) is 0 Å². The van der Waals surface area contributed by atoms with Crippen LogP contribution in [0.3, 0.4) is 0 Å². The maximum Gasteiger partial charge on any atom is 0.433 e. The molecule has 4 rings (SSSR count). The fourth-order valence-electron chi connectivity index (χ4n) is 3.55. The summed E-state index contributed by atoms with van der Waals surface area (Å²) in [5.41, 5.74) is 6.01. The Kier molecular flexibility index (Phi) is 6.56. The zero-order valence-corrected chi connectivity index (χ0v) is 20.1. The lowest BCUT2D eigenvalue weighted by atomic mass is 9.99. The normalized spacial score (nSPS) is 12.6. The Morgan fingerprint density at radius 3 is 2.51 bits per heavy atom. The molecule has 0 aliphatic heterocycles. The Balaban J connectivity index is 1.85. The number of primary amides is 1. The van der Waals surface area contributed by atoms with Crippen molar-refractivity contribution in [1.82, 2.24) is 14.8 Å². The van der Waals surface area contributed by atoms with Gasteiger partial charge in [-0.1, -0.05) is 48.4 Å². The van der Waals surface area contributed by atoms with Crippen LogP contribution in [0.15, 0.2) is 42.7 Å². The van der Waals surface area contributed by atoms with Gasteiger partial charge in [-0.15, -0.1) is 11.3 Å². The number of halogens is 4. The first kappa shape index (κ1) is 24.7. The molecule has 1 aromatic carbocycles. The average molecular weight is 522 g/mol. The van der Waals surface area contributed by atoms with Gasteiger partial charge in [-0.3, -0.25) is 14.3 Å². The Hall–Kier alpha value is -3.44. The molecule has 182 valence electrons. The molecule has 3 N–H and O–H groups in total. The standard InChI is InChI=1S/C23H19ClF3N5O2S/c1-11-3-5-13(6-4-11)15-7-16(23(25,26)27)30-22-17(15)18(19(35-22)20(28)33)31-21(34)12(2)9-32-10-14(24)8-29-32/h3-8,10,12H,9H2,1-2H3,(H2,28,33)(H,31,34). The smallest absolute Gasteiger partial charge is 0.365 e. The van der Waals surface area contributed by atoms with Crippen LogP contribution in [0, 0.1) is 12.8 Å². The monoisotopic (exact) mass is 521 g/mol. The van der Waals surface area contributed by atoms with Crippen molar-refractivity contribution in [2.24, 2.45) is 11.7 Å². The molecule has 0 fully saturated rings. The Morgan fingerprint density at radius 1 is 1.26 bits per heavy atom. The van der Waals surface area contributed by atoms with Gasteiger partial charge in [0.15, 0.2) is 0 Å². The van der Waals surface area contributed by atoms with E-state index in [1.807, 2.05) is 6.92 Å². The van der Waals surface area contributed by atoms with Crippen molar-refractivity contribution in [2.45, 2.75) is 26.6 Å². The van der Waals surface area contributed by atoms with Crippen molar-refractivity contribution < 1.29 is 22.8 Å². The van der Waals surface area contributed by atoms with Gasteiger partial charge in [0.25, 0.3) is 5.91 Å². The zero-order chi connectivity index (χ0) is 25.5. The van der Waals surface area contributed by atoms with E-state index >= 15 is 0 Å². The summed E-state index contributed by atoms with van der Waals surface area (Å²) in [6, 6.07) is 7.76. The van der Waals surface area contributed by atoms with Gasteiger partial charge in [0.05, 0.1) is 29.4 Å². The van der Waals surface area contributed by atoms with Crippen molar-refractivity contribution in [3.63, 3.8) is 0 Å². The third-order valence-electron chi connectivity index (χ3n) is 5.30. The summed E-state index contributed by atoms with van der Waals surface area (Å²) in [7, 11) is 0. The van der Waals surface area contributed by atoms with E-state index in [0.29, 0.717) is 21.9 Å². The SMILES string of the molecule is Cc1ccc(-c2cc(C(F)(F)F)nc3sc(C(N)=O)c(NC(=O)C(C)Cn4cc(Cl)cn4)c23)cc1. The molecule has 0 radical (unpaired) electrons. The largest absolute Gasteiger partial charge is 0.433 e. The number of rotatable bonds is 6. The molecule has 0 saturated carbocycles. The van der Waals surface area contributed by atoms with Crippen molar-refractivity contribution in [2.75, 3.05) is 5.32 Å². The van der Waals surface area contributed by atoms with Crippen LogP contribution >= 0.6 is 22.9 Å². The van der Waals surface area contributed by atoms with Gasteiger partial charge in [-0.2, -0.15) is 18.3 Å². The quantitative estimate of drug-likeness (QED) is 0.349. The minimum Gasteiger partial charge on any atom is -0.365 e. The molecule has 0 aliphatic carbocycles. The number of alkyl halides is 3. The molecule has 35 heavy (non-hydrogen) atoms. The summed E-state index contributed by atoms with van der Waals surface area (Å²) < 4.78 is 42.4. The van der Waals surface area contributed by atoms with Crippen LogP contribution in [-0.4, -0.2) is 26.6 Å². The second-order valence-corrected chi connectivity index (χ2v) is 9.48. The first-order valence-corrected chi connectivity index (χ1v) is 11.5. The second-order valence-electron chi connectivity index (χ2n) is 8.04. The maximum absolute atomic E-state index is 13.6. The van der Waals surface area contributed by atoms with E-state index in [1.165, 1.54) is 10.9 Å². The fourth-order valence-corrected chi connectivity index (χ4v) is 4.71. The topological polar surface area (TPSA) is 103 Å². The number of pyridine rings is 1. The van der Waals surface area contributed by atoms with Crippen molar-refractivity contribution in [1.29, 1.82) is 0 Å². The fraction of sp³-hybridized carbons (Fsp3) is 0.217. The lowest BCUT2D eigenvalue weighted by Gasteiger charge is -2.15. The minimum absolute atomic E-state index is 0.0321. The summed E-state index contributed by atoms with van der Waals surface area (Å²) in [6.45, 7) is 3.68. The van der Waals surface area contributed by atoms with Gasteiger partial charge in [0.1, 0.15) is 15.4 Å². The lowest BCUT2D eigenvalue weighted by molar-refractivity contribution is -0.140. The molecule has 12 heteroatoms. The minimum atomic E-state index is -4.71. The van der Waals surface area contributed by atoms with Gasteiger partial charge in [-0.05, 0) is 24.1 Å². The number of anilines is 1. The first-order chi connectivity index (χ1) is 16.4. The number of fused-ring (bicyclic) bond motifs is 1. The molecule has 3 heterocycles. The Bertz CT molecular complexity index is 1430. The van der Waals surface area contributed by atoms with E-state index < -0.39 is 29.6 Å². The van der Waals surface area contributed by atoms with E-state index in [2.05, 4.69) is 15.4 Å². The van der Waals surface area contributed by atoms with Gasteiger partial charge in [0.2, 0.25) is 5.91 Å². The van der Waals surface area contributed by atoms with Crippen LogP contribution < -0.4 is 11.1 Å². The highest BCUT2D eigenvalue weighted by Gasteiger charge is 2.35. The highest BCUT2D eigenvalue weighted by atomic mass is 35.5. The number of nitrogens with one attached hydrogen (secondary N) is 1. The Morgan fingerprint density at radius 2 is 1.94 bits per heavy atom. The molecule has 0 bridgehead atoms. The summed E-state index contributed by atoms with van der Waals surface area (Å²) in [5, 5.41) is 7.36. The molecule has 0 saturated heterocycles. The van der Waals surface area contributed by atoms with Crippen molar-refractivity contribution >= 4 is 50.7 Å². The molecular weight excluding hydrogens is 503 g/mol. The van der Waals surface area contributed by atoms with E-state index in [4.69, 9.17) is 17.3 Å². The molecule has 0 spiro atoms. The predicted molar refractivity (Wildman–Crippen MR) is 128 cm³/mol. The zero-order valence-electron chi connectivity index (χ0n) is 18.5. The van der Waals surface area contributed by atoms with E-state index in [-0.39, 0.29) is 32.9 Å². The van der Waals surface area contributed by atoms with Gasteiger partial charge in [0, 0.05) is 11.6 Å². The van der Waals surface area contributed by atoms with Crippen LogP contribution in [0.2, 0.25) is 5.02 Å². The number of benzene rings is 1. The molecule has 7 nitrogen and oxygen atoms in total. The van der Waals surface area contributed by atoms with Crippen LogP contribution in [0.1, 0.15) is 27.9 Å². The average Bonchev–Trinajstić information content (AvgIpc) is 3.36. The van der Waals surface area contributed by atoms with Crippen molar-refractivity contribution in [3.05, 3.63) is 63.9 Å². The van der Waals surface area contributed by atoms with E-state index in [9.17, 15) is 22.8 Å². The van der Waals surface area contributed by atoms with E-state index in [0.717, 1.165) is 11.6 Å². The summed E-state index contributed by atoms with van der Waals surface area (Å²) >= 11 is 6.57. The summed E-state index contributed by atoms with van der Waals surface area (Å²) in [6.07, 6.45) is -1.73. The number of aryl methyl sites for hydroxylation is 1. The van der Waals surface area contributed by atoms with Gasteiger partial charge in [-0.25, -0.2) is 4.98 Å².